The first-order valence-corrected chi connectivity index (χ1v) is 8.54. The standard InChI is InChI=1S/C19H18ClF2NO3/c1-10(24)14-5-3-4-11-6-12(18(25)19(21,22)17(11)14)7-13-8-16(26-2)15(20)9-23-13/h3-5,8-10,12,24H,6-7H2,1-2H3/t10-,12+/m0/s1. The maximum absolute atomic E-state index is 14.8. The predicted octanol–water partition coefficient (Wildman–Crippen LogP) is 3.87. The fourth-order valence-electron chi connectivity index (χ4n) is 3.41. The molecule has 1 N–H and O–H groups in total. The van der Waals surface area contributed by atoms with Crippen molar-refractivity contribution in [3.8, 4) is 5.75 Å². The van der Waals surface area contributed by atoms with Gasteiger partial charge in [0.15, 0.2) is 0 Å². The number of ether oxygens (including phenoxy) is 1. The molecule has 2 atom stereocenters. The fourth-order valence-corrected chi connectivity index (χ4v) is 3.59. The van der Waals surface area contributed by atoms with Crippen molar-refractivity contribution in [1.29, 1.82) is 0 Å². The van der Waals surface area contributed by atoms with Crippen LogP contribution < -0.4 is 4.74 Å². The highest BCUT2D eigenvalue weighted by atomic mass is 35.5. The molecule has 2 aromatic rings. The number of aliphatic hydroxyl groups is 1. The zero-order chi connectivity index (χ0) is 19.1. The number of benzene rings is 1. The maximum Gasteiger partial charge on any atom is 0.331 e. The summed E-state index contributed by atoms with van der Waals surface area (Å²) in [6.07, 6.45) is 0.514. The molecule has 4 nitrogen and oxygen atoms in total. The summed E-state index contributed by atoms with van der Waals surface area (Å²) < 4.78 is 34.8. The van der Waals surface area contributed by atoms with E-state index in [0.717, 1.165) is 0 Å². The lowest BCUT2D eigenvalue weighted by Crippen LogP contribution is -2.41. The van der Waals surface area contributed by atoms with Crippen molar-refractivity contribution in [3.63, 3.8) is 0 Å². The quantitative estimate of drug-likeness (QED) is 0.873. The molecule has 1 aromatic heterocycles. The van der Waals surface area contributed by atoms with Gasteiger partial charge >= 0.3 is 5.92 Å². The second-order valence-electron chi connectivity index (χ2n) is 6.41. The van der Waals surface area contributed by atoms with Gasteiger partial charge in [0.05, 0.1) is 13.2 Å². The number of pyridine rings is 1. The Morgan fingerprint density at radius 2 is 2.19 bits per heavy atom. The summed E-state index contributed by atoms with van der Waals surface area (Å²) in [5, 5.41) is 10.1. The number of nitrogens with zero attached hydrogens (tertiary/aromatic N) is 1. The van der Waals surface area contributed by atoms with E-state index in [1.54, 1.807) is 18.2 Å². The van der Waals surface area contributed by atoms with E-state index < -0.39 is 23.7 Å². The lowest BCUT2D eigenvalue weighted by atomic mass is 9.76. The van der Waals surface area contributed by atoms with Crippen LogP contribution in [-0.4, -0.2) is 23.0 Å². The van der Waals surface area contributed by atoms with Gasteiger partial charge in [0.1, 0.15) is 10.8 Å². The van der Waals surface area contributed by atoms with E-state index in [-0.39, 0.29) is 24.0 Å². The molecule has 3 rings (SSSR count). The number of fused-ring (bicyclic) bond motifs is 1. The molecule has 138 valence electrons. The van der Waals surface area contributed by atoms with Crippen LogP contribution in [0, 0.1) is 5.92 Å². The Bertz CT molecular complexity index is 855. The molecule has 0 fully saturated rings. The number of aliphatic hydroxyl groups excluding tert-OH is 1. The van der Waals surface area contributed by atoms with Crippen molar-refractivity contribution in [2.45, 2.75) is 31.8 Å². The molecule has 0 aliphatic heterocycles. The van der Waals surface area contributed by atoms with E-state index in [1.807, 2.05) is 0 Å². The third-order valence-corrected chi connectivity index (χ3v) is 4.93. The number of methoxy groups -OCH3 is 1. The summed E-state index contributed by atoms with van der Waals surface area (Å²) in [4.78, 5) is 16.6. The highest BCUT2D eigenvalue weighted by molar-refractivity contribution is 6.31. The molecule has 26 heavy (non-hydrogen) atoms. The highest BCUT2D eigenvalue weighted by Gasteiger charge is 2.51. The zero-order valence-electron chi connectivity index (χ0n) is 14.3. The summed E-state index contributed by atoms with van der Waals surface area (Å²) in [6, 6.07) is 6.17. The Hall–Kier alpha value is -2.05. The Balaban J connectivity index is 1.98. The summed E-state index contributed by atoms with van der Waals surface area (Å²) in [5.41, 5.74) is 0.554. The first-order valence-electron chi connectivity index (χ1n) is 8.16. The number of aromatic nitrogens is 1. The van der Waals surface area contributed by atoms with E-state index in [1.165, 1.54) is 26.3 Å². The average Bonchev–Trinajstić information content (AvgIpc) is 2.60. The van der Waals surface area contributed by atoms with Gasteiger partial charge in [0, 0.05) is 35.9 Å². The molecule has 0 spiro atoms. The van der Waals surface area contributed by atoms with Gasteiger partial charge in [-0.15, -0.1) is 0 Å². The molecule has 7 heteroatoms. The molecular weight excluding hydrogens is 364 g/mol. The first-order chi connectivity index (χ1) is 12.3. The van der Waals surface area contributed by atoms with E-state index in [2.05, 4.69) is 4.98 Å². The fraction of sp³-hybridized carbons (Fsp3) is 0.368. The second-order valence-corrected chi connectivity index (χ2v) is 6.82. The van der Waals surface area contributed by atoms with Gasteiger partial charge in [-0.2, -0.15) is 8.78 Å². The van der Waals surface area contributed by atoms with Crippen LogP contribution >= 0.6 is 11.6 Å². The van der Waals surface area contributed by atoms with Gasteiger partial charge < -0.3 is 9.84 Å². The van der Waals surface area contributed by atoms with Crippen LogP contribution in [0.3, 0.4) is 0 Å². The number of carbonyl (C=O) groups excluding carboxylic acids is 1. The molecule has 0 amide bonds. The van der Waals surface area contributed by atoms with Crippen LogP contribution in [0.1, 0.15) is 35.4 Å². The van der Waals surface area contributed by atoms with Crippen molar-refractivity contribution in [2.24, 2.45) is 5.92 Å². The van der Waals surface area contributed by atoms with Crippen LogP contribution in [0.5, 0.6) is 5.75 Å². The first kappa shape index (κ1) is 18.7. The molecule has 0 unspecified atom stereocenters. The van der Waals surface area contributed by atoms with Crippen molar-refractivity contribution >= 4 is 17.4 Å². The van der Waals surface area contributed by atoms with Crippen LogP contribution in [0.25, 0.3) is 0 Å². The normalized spacial score (nSPS) is 19.8. The van der Waals surface area contributed by atoms with E-state index in [4.69, 9.17) is 16.3 Å². The Kier molecular flexibility index (Phi) is 4.99. The van der Waals surface area contributed by atoms with Gasteiger partial charge in [-0.1, -0.05) is 29.8 Å². The number of Topliss-reactive ketones (excluding diaryl/α,β-unsaturated/α-hetero) is 1. The number of carbonyl (C=O) groups is 1. The molecule has 1 aliphatic carbocycles. The van der Waals surface area contributed by atoms with Crippen LogP contribution in [0.15, 0.2) is 30.5 Å². The summed E-state index contributed by atoms with van der Waals surface area (Å²) in [6.45, 7) is 1.41. The number of hydrogen-bond acceptors (Lipinski definition) is 4. The zero-order valence-corrected chi connectivity index (χ0v) is 15.1. The molecule has 1 aliphatic rings. The minimum Gasteiger partial charge on any atom is -0.495 e. The lowest BCUT2D eigenvalue weighted by Gasteiger charge is -2.32. The predicted molar refractivity (Wildman–Crippen MR) is 92.7 cm³/mol. The number of ketones is 1. The molecule has 0 saturated heterocycles. The summed E-state index contributed by atoms with van der Waals surface area (Å²) in [7, 11) is 1.44. The number of hydrogen-bond donors (Lipinski definition) is 1. The lowest BCUT2D eigenvalue weighted by molar-refractivity contribution is -0.151. The van der Waals surface area contributed by atoms with Crippen molar-refractivity contribution in [2.75, 3.05) is 7.11 Å². The Morgan fingerprint density at radius 1 is 1.46 bits per heavy atom. The Morgan fingerprint density at radius 3 is 2.85 bits per heavy atom. The largest absolute Gasteiger partial charge is 0.495 e. The third kappa shape index (κ3) is 3.19. The summed E-state index contributed by atoms with van der Waals surface area (Å²) in [5.74, 6) is -5.35. The highest BCUT2D eigenvalue weighted by Crippen LogP contribution is 2.44. The second kappa shape index (κ2) is 6.93. The monoisotopic (exact) mass is 381 g/mol. The average molecular weight is 382 g/mol. The van der Waals surface area contributed by atoms with Crippen LogP contribution in [0.4, 0.5) is 8.78 Å². The SMILES string of the molecule is COc1cc(C[C@H]2Cc3cccc([C@H](C)O)c3C(F)(F)C2=O)ncc1Cl. The molecule has 1 heterocycles. The van der Waals surface area contributed by atoms with Crippen LogP contribution in [-0.2, 0) is 23.6 Å². The van der Waals surface area contributed by atoms with Gasteiger partial charge in [0.25, 0.3) is 0 Å². The molecular formula is C19H18ClF2NO3. The van der Waals surface area contributed by atoms with Crippen molar-refractivity contribution < 1.29 is 23.4 Å². The molecule has 0 radical (unpaired) electrons. The number of alkyl halides is 2. The van der Waals surface area contributed by atoms with Gasteiger partial charge in [-0.3, -0.25) is 9.78 Å². The van der Waals surface area contributed by atoms with E-state index >= 15 is 0 Å². The minimum absolute atomic E-state index is 0.0559. The topological polar surface area (TPSA) is 59.4 Å². The van der Waals surface area contributed by atoms with Gasteiger partial charge in [0.2, 0.25) is 5.78 Å². The minimum atomic E-state index is -3.65. The van der Waals surface area contributed by atoms with Crippen molar-refractivity contribution in [3.05, 3.63) is 57.9 Å². The Labute approximate surface area is 154 Å². The molecule has 0 bridgehead atoms. The number of halogens is 3. The van der Waals surface area contributed by atoms with Crippen molar-refractivity contribution in [1.82, 2.24) is 4.98 Å². The maximum atomic E-state index is 14.8. The molecule has 0 saturated carbocycles. The number of rotatable bonds is 4. The van der Waals surface area contributed by atoms with Crippen LogP contribution in [0.2, 0.25) is 5.02 Å². The molecule has 1 aromatic carbocycles. The van der Waals surface area contributed by atoms with E-state index in [9.17, 15) is 18.7 Å². The van der Waals surface area contributed by atoms with Gasteiger partial charge in [-0.25, -0.2) is 0 Å². The van der Waals surface area contributed by atoms with E-state index in [0.29, 0.717) is 22.0 Å². The van der Waals surface area contributed by atoms with Gasteiger partial charge in [-0.05, 0) is 24.5 Å². The summed E-state index contributed by atoms with van der Waals surface area (Å²) >= 11 is 5.93. The smallest absolute Gasteiger partial charge is 0.331 e. The third-order valence-electron chi connectivity index (χ3n) is 4.65.